The first-order valence-corrected chi connectivity index (χ1v) is 11.2. The number of nitrogens with one attached hydrogen (secondary N) is 1. The second kappa shape index (κ2) is 7.88. The average Bonchev–Trinajstić information content (AvgIpc) is 3.41. The standard InChI is InChI=1S/C24H28FN3O3/c1-2-26-23(30)22-18(13-29)17-12-27-20(21(17)28(22)11-14-7-8-14)10-9-16(24(27)31)15-5-3-4-6-19(15)25/h3-6,9-10,14,17-18,21-22,29H,2,7-8,11-13H2,1H3,(H,26,30)/t17-,18-,21+,22-/m0/s1. The van der Waals surface area contributed by atoms with E-state index in [0.29, 0.717) is 30.1 Å². The number of pyridine rings is 1. The maximum atomic E-state index is 14.3. The number of likely N-dealkylation sites (tertiary alicyclic amines) is 1. The van der Waals surface area contributed by atoms with Gasteiger partial charge in [0.1, 0.15) is 5.82 Å². The highest BCUT2D eigenvalue weighted by atomic mass is 19.1. The van der Waals surface area contributed by atoms with Crippen molar-refractivity contribution in [3.63, 3.8) is 0 Å². The Morgan fingerprint density at radius 2 is 1.97 bits per heavy atom. The molecule has 3 aliphatic rings. The van der Waals surface area contributed by atoms with Crippen LogP contribution in [-0.4, -0.2) is 46.2 Å². The van der Waals surface area contributed by atoms with Crippen LogP contribution in [0, 0.1) is 23.6 Å². The molecule has 7 heteroatoms. The number of hydrogen-bond donors (Lipinski definition) is 2. The summed E-state index contributed by atoms with van der Waals surface area (Å²) in [4.78, 5) is 28.5. The fourth-order valence-corrected chi connectivity index (χ4v) is 5.58. The molecular weight excluding hydrogens is 397 g/mol. The molecule has 5 rings (SSSR count). The molecule has 1 aromatic heterocycles. The van der Waals surface area contributed by atoms with Crippen LogP contribution in [0.15, 0.2) is 41.2 Å². The first-order valence-electron chi connectivity index (χ1n) is 11.2. The SMILES string of the molecule is CCNC(=O)[C@@H]1[C@@H](CO)[C@@H]2Cn3c(ccc(-c4ccccc4F)c3=O)[C@@H]2N1CC1CC1. The molecule has 2 fully saturated rings. The minimum Gasteiger partial charge on any atom is -0.396 e. The van der Waals surface area contributed by atoms with Gasteiger partial charge in [-0.25, -0.2) is 4.39 Å². The Labute approximate surface area is 180 Å². The Balaban J connectivity index is 1.57. The summed E-state index contributed by atoms with van der Waals surface area (Å²) in [7, 11) is 0. The number of hydrogen-bond acceptors (Lipinski definition) is 4. The van der Waals surface area contributed by atoms with Crippen LogP contribution in [-0.2, 0) is 11.3 Å². The molecule has 0 unspecified atom stereocenters. The van der Waals surface area contributed by atoms with Gasteiger partial charge in [0.05, 0.1) is 17.6 Å². The van der Waals surface area contributed by atoms with Crippen LogP contribution in [0.3, 0.4) is 0 Å². The van der Waals surface area contributed by atoms with E-state index >= 15 is 0 Å². The van der Waals surface area contributed by atoms with Crippen LogP contribution in [0.4, 0.5) is 4.39 Å². The van der Waals surface area contributed by atoms with Gasteiger partial charge in [0.15, 0.2) is 0 Å². The number of rotatable bonds is 6. The van der Waals surface area contributed by atoms with E-state index in [1.807, 2.05) is 13.0 Å². The van der Waals surface area contributed by atoms with Gasteiger partial charge in [0.2, 0.25) is 5.91 Å². The van der Waals surface area contributed by atoms with Gasteiger partial charge in [-0.15, -0.1) is 0 Å². The van der Waals surface area contributed by atoms with Crippen molar-refractivity contribution < 1.29 is 14.3 Å². The molecule has 164 valence electrons. The summed E-state index contributed by atoms with van der Waals surface area (Å²) in [5.41, 5.74) is 1.29. The number of amides is 1. The van der Waals surface area contributed by atoms with Gasteiger partial charge in [-0.2, -0.15) is 0 Å². The number of aliphatic hydroxyl groups is 1. The molecule has 3 heterocycles. The third kappa shape index (κ3) is 3.31. The van der Waals surface area contributed by atoms with Crippen LogP contribution in [0.5, 0.6) is 0 Å². The van der Waals surface area contributed by atoms with Gasteiger partial charge in [-0.05, 0) is 43.9 Å². The minimum absolute atomic E-state index is 0.0278. The molecule has 0 spiro atoms. The Morgan fingerprint density at radius 3 is 2.65 bits per heavy atom. The number of halogens is 1. The molecule has 1 amide bonds. The normalized spacial score (nSPS) is 27.2. The van der Waals surface area contributed by atoms with Crippen LogP contribution < -0.4 is 10.9 Å². The zero-order valence-corrected chi connectivity index (χ0v) is 17.6. The number of carbonyl (C=O) groups excluding carboxylic acids is 1. The minimum atomic E-state index is -0.418. The van der Waals surface area contributed by atoms with Crippen molar-refractivity contribution in [2.75, 3.05) is 19.7 Å². The summed E-state index contributed by atoms with van der Waals surface area (Å²) in [5.74, 6) is -0.174. The highest BCUT2D eigenvalue weighted by Crippen LogP contribution is 2.50. The van der Waals surface area contributed by atoms with Crippen LogP contribution in [0.25, 0.3) is 11.1 Å². The van der Waals surface area contributed by atoms with E-state index in [1.54, 1.807) is 28.8 Å². The van der Waals surface area contributed by atoms with Gasteiger partial charge >= 0.3 is 0 Å². The maximum Gasteiger partial charge on any atom is 0.258 e. The topological polar surface area (TPSA) is 74.6 Å². The second-order valence-electron chi connectivity index (χ2n) is 9.00. The zero-order chi connectivity index (χ0) is 21.7. The predicted octanol–water partition coefficient (Wildman–Crippen LogP) is 2.16. The second-order valence-corrected chi connectivity index (χ2v) is 9.00. The number of fused-ring (bicyclic) bond motifs is 3. The fraction of sp³-hybridized carbons (Fsp3) is 0.500. The van der Waals surface area contributed by atoms with Gasteiger partial charge in [-0.3, -0.25) is 14.5 Å². The lowest BCUT2D eigenvalue weighted by Gasteiger charge is -2.30. The van der Waals surface area contributed by atoms with E-state index in [2.05, 4.69) is 10.2 Å². The van der Waals surface area contributed by atoms with Crippen molar-refractivity contribution in [1.82, 2.24) is 14.8 Å². The molecule has 31 heavy (non-hydrogen) atoms. The van der Waals surface area contributed by atoms with Crippen LogP contribution in [0.1, 0.15) is 31.5 Å². The largest absolute Gasteiger partial charge is 0.396 e. The number of nitrogens with zero attached hydrogens (tertiary/aromatic N) is 2. The van der Waals surface area contributed by atoms with Crippen molar-refractivity contribution in [1.29, 1.82) is 0 Å². The van der Waals surface area contributed by atoms with Gasteiger partial charge < -0.3 is 15.0 Å². The lowest BCUT2D eigenvalue weighted by molar-refractivity contribution is -0.127. The number of aliphatic hydroxyl groups excluding tert-OH is 1. The molecule has 6 nitrogen and oxygen atoms in total. The van der Waals surface area contributed by atoms with E-state index in [0.717, 1.165) is 25.1 Å². The fourth-order valence-electron chi connectivity index (χ4n) is 5.58. The predicted molar refractivity (Wildman–Crippen MR) is 115 cm³/mol. The van der Waals surface area contributed by atoms with Crippen LogP contribution >= 0.6 is 0 Å². The molecule has 1 aromatic carbocycles. The average molecular weight is 426 g/mol. The van der Waals surface area contributed by atoms with E-state index in [4.69, 9.17) is 0 Å². The quantitative estimate of drug-likeness (QED) is 0.744. The van der Waals surface area contributed by atoms with Crippen LogP contribution in [0.2, 0.25) is 0 Å². The first-order chi connectivity index (χ1) is 15.0. The molecule has 1 saturated heterocycles. The smallest absolute Gasteiger partial charge is 0.258 e. The molecule has 0 bridgehead atoms. The molecule has 1 aliphatic carbocycles. The summed E-state index contributed by atoms with van der Waals surface area (Å²) < 4.78 is 16.1. The van der Waals surface area contributed by atoms with E-state index < -0.39 is 11.9 Å². The Bertz CT molecular complexity index is 1060. The molecule has 0 radical (unpaired) electrons. The van der Waals surface area contributed by atoms with Crippen molar-refractivity contribution in [2.45, 2.75) is 38.4 Å². The lowest BCUT2D eigenvalue weighted by atomic mass is 9.88. The van der Waals surface area contributed by atoms with E-state index in [-0.39, 0.29) is 36.0 Å². The number of benzene rings is 1. The third-order valence-electron chi connectivity index (χ3n) is 7.14. The van der Waals surface area contributed by atoms with Crippen molar-refractivity contribution in [3.05, 3.63) is 58.3 Å². The lowest BCUT2D eigenvalue weighted by Crippen LogP contribution is -2.48. The monoisotopic (exact) mass is 425 g/mol. The molecule has 2 aliphatic heterocycles. The number of aromatic nitrogens is 1. The van der Waals surface area contributed by atoms with Crippen molar-refractivity contribution in [3.8, 4) is 11.1 Å². The Hall–Kier alpha value is -2.51. The summed E-state index contributed by atoms with van der Waals surface area (Å²) in [5, 5.41) is 13.2. The summed E-state index contributed by atoms with van der Waals surface area (Å²) in [6.45, 7) is 3.56. The van der Waals surface area contributed by atoms with E-state index in [9.17, 15) is 19.1 Å². The van der Waals surface area contributed by atoms with Gasteiger partial charge in [0, 0.05) is 49.3 Å². The maximum absolute atomic E-state index is 14.3. The molecule has 1 saturated carbocycles. The van der Waals surface area contributed by atoms with E-state index in [1.165, 1.54) is 6.07 Å². The van der Waals surface area contributed by atoms with Crippen molar-refractivity contribution >= 4 is 5.91 Å². The molecule has 2 aromatic rings. The molecule has 2 N–H and O–H groups in total. The first kappa shape index (κ1) is 20.4. The van der Waals surface area contributed by atoms with Crippen molar-refractivity contribution in [2.24, 2.45) is 17.8 Å². The molecular formula is C24H28FN3O3. The summed E-state index contributed by atoms with van der Waals surface area (Å²) in [6, 6.07) is 9.44. The highest BCUT2D eigenvalue weighted by molar-refractivity contribution is 5.82. The zero-order valence-electron chi connectivity index (χ0n) is 17.6. The number of likely N-dealkylation sites (N-methyl/N-ethyl adjacent to an activating group) is 1. The van der Waals surface area contributed by atoms with Gasteiger partial charge in [0.25, 0.3) is 5.56 Å². The molecule has 4 atom stereocenters. The Kier molecular flexibility index (Phi) is 5.18. The van der Waals surface area contributed by atoms with Gasteiger partial charge in [-0.1, -0.05) is 18.2 Å². The summed E-state index contributed by atoms with van der Waals surface area (Å²) >= 11 is 0. The Morgan fingerprint density at radius 1 is 1.19 bits per heavy atom. The third-order valence-corrected chi connectivity index (χ3v) is 7.14. The summed E-state index contributed by atoms with van der Waals surface area (Å²) in [6.07, 6.45) is 2.30. The number of carbonyl (C=O) groups is 1. The highest BCUT2D eigenvalue weighted by Gasteiger charge is 2.56.